The van der Waals surface area contributed by atoms with Crippen molar-refractivity contribution in [3.8, 4) is 0 Å². The van der Waals surface area contributed by atoms with Crippen molar-refractivity contribution in [3.63, 3.8) is 0 Å². The fraction of sp³-hybridized carbons (Fsp3) is 0.695. The molecule has 12 atom stereocenters. The first-order valence-corrected chi connectivity index (χ1v) is 50.2. The minimum atomic E-state index is -3.72. The number of ether oxygens (including phenoxy) is 3. The van der Waals surface area contributed by atoms with E-state index in [0.29, 0.717) is 10.8 Å². The molecule has 578 valence electrons. The molecule has 0 bridgehead atoms. The van der Waals surface area contributed by atoms with Crippen molar-refractivity contribution in [2.45, 2.75) is 240 Å². The summed E-state index contributed by atoms with van der Waals surface area (Å²) in [6, 6.07) is 8.12. The molecule has 3 aliphatic heterocycles. The van der Waals surface area contributed by atoms with E-state index in [4.69, 9.17) is 54.4 Å². The summed E-state index contributed by atoms with van der Waals surface area (Å²) in [6.45, 7) is 38.1. The van der Waals surface area contributed by atoms with E-state index in [1.54, 1.807) is 11.7 Å². The number of aliphatic hydroxyl groups is 4. The largest absolute Gasteiger partial charge is 0.407 e. The summed E-state index contributed by atoms with van der Waals surface area (Å²) in [5, 5.41) is 53.6. The van der Waals surface area contributed by atoms with Crippen molar-refractivity contribution in [1.29, 1.82) is 0 Å². The zero-order valence-electron chi connectivity index (χ0n) is 58.9. The molecule has 11 N–H and O–H groups in total. The molecular weight excluding hydrogens is 1570 g/mol. The number of hydrogen-bond acceptors (Lipinski definition) is 27. The molecule has 7 rings (SSSR count). The number of rotatable bonds is 16. The van der Waals surface area contributed by atoms with Crippen molar-refractivity contribution < 1.29 is 67.2 Å². The zero-order valence-corrected chi connectivity index (χ0v) is 70.7. The van der Waals surface area contributed by atoms with Crippen LogP contribution >= 0.6 is 10.7 Å². The molecular formula is C59H108ClN9O18S11Si2. The molecule has 3 aromatic heterocycles. The smallest absolute Gasteiger partial charge is 0.351 e. The summed E-state index contributed by atoms with van der Waals surface area (Å²) in [5.41, 5.74) is 1.30. The highest BCUT2D eigenvalue weighted by Crippen LogP contribution is 2.48. The summed E-state index contributed by atoms with van der Waals surface area (Å²) in [6.07, 6.45) is 1.44. The first-order valence-electron chi connectivity index (χ1n) is 30.4. The number of H-pyrrole nitrogens is 1. The third kappa shape index (κ3) is 30.1. The van der Waals surface area contributed by atoms with E-state index in [-0.39, 0.29) is 62.4 Å². The monoisotopic (exact) mass is 1670 g/mol. The predicted octanol–water partition coefficient (Wildman–Crippen LogP) is 8.08. The van der Waals surface area contributed by atoms with Crippen LogP contribution in [0.5, 0.6) is 0 Å². The van der Waals surface area contributed by atoms with Crippen LogP contribution < -0.4 is 39.5 Å². The van der Waals surface area contributed by atoms with Crippen LogP contribution in [0.3, 0.4) is 0 Å². The van der Waals surface area contributed by atoms with E-state index in [0.717, 1.165) is 41.2 Å². The Kier molecular flexibility index (Phi) is 48.2. The highest BCUT2D eigenvalue weighted by molar-refractivity contribution is 8.64. The van der Waals surface area contributed by atoms with Gasteiger partial charge in [-0.25, -0.2) is 28.7 Å². The summed E-state index contributed by atoms with van der Waals surface area (Å²) < 4.78 is 58.2. The average molecular weight is 1680 g/mol. The molecule has 0 spiro atoms. The van der Waals surface area contributed by atoms with E-state index in [9.17, 15) is 37.8 Å². The van der Waals surface area contributed by atoms with Gasteiger partial charge < -0.3 is 48.3 Å². The number of benzene rings is 1. The van der Waals surface area contributed by atoms with Crippen LogP contribution in [0.2, 0.25) is 39.3 Å². The Hall–Kier alpha value is -2.39. The van der Waals surface area contributed by atoms with E-state index >= 15 is 0 Å². The molecule has 3 saturated heterocycles. The number of nitrogens with one attached hydrogen (secondary N) is 3. The minimum Gasteiger partial charge on any atom is -0.407 e. The van der Waals surface area contributed by atoms with Gasteiger partial charge in [-0.3, -0.25) is 44.9 Å². The molecule has 6 heterocycles. The normalized spacial score (nSPS) is 24.1. The maximum Gasteiger partial charge on any atom is 0.351 e. The Bertz CT molecular complexity index is 3740. The number of anilines is 2. The molecule has 3 aliphatic rings. The Morgan fingerprint density at radius 2 is 1.03 bits per heavy atom. The molecule has 1 aromatic carbocycles. The van der Waals surface area contributed by atoms with Gasteiger partial charge in [-0.2, -0.15) is 9.97 Å². The third-order valence-corrected chi connectivity index (χ3v) is 27.7. The Morgan fingerprint density at radius 3 is 1.30 bits per heavy atom. The molecule has 3 fully saturated rings. The highest BCUT2D eigenvalue weighted by atomic mass is 35.7. The van der Waals surface area contributed by atoms with Crippen molar-refractivity contribution in [2.75, 3.05) is 31.8 Å². The number of aliphatic hydroxyl groups excluding tert-OH is 3. The van der Waals surface area contributed by atoms with Gasteiger partial charge in [0.25, 0.3) is 14.6 Å². The summed E-state index contributed by atoms with van der Waals surface area (Å²) in [5.74, 6) is 5.30. The van der Waals surface area contributed by atoms with Crippen LogP contribution in [0, 0.1) is 11.8 Å². The second-order valence-electron chi connectivity index (χ2n) is 25.4. The van der Waals surface area contributed by atoms with E-state index in [2.05, 4.69) is 151 Å². The lowest BCUT2D eigenvalue weighted by Crippen LogP contribution is -2.50. The Morgan fingerprint density at radius 1 is 0.680 bits per heavy atom. The number of halogens is 1. The molecule has 0 amide bonds. The molecule has 4 aromatic rings. The molecule has 27 nitrogen and oxygen atoms in total. The summed E-state index contributed by atoms with van der Waals surface area (Å²) >= 11 is 17.7. The quantitative estimate of drug-likeness (QED) is 0.0288. The van der Waals surface area contributed by atoms with Gasteiger partial charge in [0.05, 0.1) is 30.8 Å². The predicted molar refractivity (Wildman–Crippen MR) is 427 cm³/mol. The molecule has 100 heavy (non-hydrogen) atoms. The summed E-state index contributed by atoms with van der Waals surface area (Å²) in [7, 11) is 8.61. The van der Waals surface area contributed by atoms with Crippen LogP contribution in [-0.4, -0.2) is 147 Å². The van der Waals surface area contributed by atoms with E-state index in [1.807, 2.05) is 59.2 Å². The molecule has 0 saturated carbocycles. The van der Waals surface area contributed by atoms with Gasteiger partial charge in [0.1, 0.15) is 29.0 Å². The van der Waals surface area contributed by atoms with Gasteiger partial charge in [0, 0.05) is 152 Å². The minimum absolute atomic E-state index is 0. The number of aromatic amines is 1. The van der Waals surface area contributed by atoms with Gasteiger partial charge in [-0.1, -0.05) is 96.2 Å². The van der Waals surface area contributed by atoms with Gasteiger partial charge in [0.2, 0.25) is 0 Å². The number of nitrogens with zero attached hydrogens (tertiary/aromatic N) is 5. The van der Waals surface area contributed by atoms with Gasteiger partial charge in [-0.05, 0) is 119 Å². The molecule has 0 aliphatic carbocycles. The second-order valence-corrected chi connectivity index (χ2v) is 47.4. The maximum atomic E-state index is 12.3. The first kappa shape index (κ1) is 102. The molecule has 41 heteroatoms. The Labute approximate surface area is 632 Å². The number of hydrogen-bond donors (Lipinski definition) is 10. The standard InChI is InChI=1S/C15H23ClO2S.C15H27N3O4Si.C15H26N2O4Si.C10H15N3O6.CH5NO.CH4O.2CH4.S6.S4/c1-9(2)12-7-13(10(3)4)15(19(16,17)18)14(8-12)11(5)6;1-7-11-10(2)15(3,22-23(4,5)6)13(21-11)18-9-8-12(17-20)16-14(18)19;1-7-11-10(2)15(3,21-22(4,5)6)13(20-11)17-9-8-12(18)16-14(17)19;1-10(17)7(15)5(4-14)19-8(10)13-3-2-6(12-18)11-9(13)16;1-3-2;1-2;;;1-3-5-6-4-2;1-3-4-2/h7-11H,1-6H3;8-11,13,20H,7H2,1-6H3,(H,16,17,19);8-11,13H,7H2,1-6H3,(H,16,18,19);2-3,5,7-8,14-15,17-18H,4H2,1H3,(H,11,12,16);2H2,1H3;2H,1H3;2*1H4;;/t;2*10-,11+,13+,15?;5-,7+,8-,10?;;;;;;/m.001....../s1. The Balaban J connectivity index is -0.00000117. The maximum absolute atomic E-state index is 12.3. The lowest BCUT2D eigenvalue weighted by Gasteiger charge is -2.39. The van der Waals surface area contributed by atoms with Crippen molar-refractivity contribution >= 4 is 146 Å². The van der Waals surface area contributed by atoms with E-state index in [1.165, 1.54) is 107 Å². The first-order chi connectivity index (χ1) is 45.4. The topological polar surface area (TPSA) is 386 Å². The van der Waals surface area contributed by atoms with Gasteiger partial charge in [-0.15, -0.1) is 0 Å². The lowest BCUT2D eigenvalue weighted by atomic mass is 9.87. The van der Waals surface area contributed by atoms with Crippen molar-refractivity contribution in [1.82, 2.24) is 28.7 Å². The SMILES string of the molecule is C.C.CC(C)c1cc(C(C)C)c(S(=O)(=O)Cl)c(C(C)C)c1.CC1(O)[C@@H](O)[C@@H](CO)O[C@H]1n1ccc(NO)nc1=O.CC[C@H]1O[C@@H](n2ccc(=O)[nH]c2=O)C(C)(O[Si](C)(C)C)[C@H]1C.CC[C@H]1O[C@@H](n2ccc(NO)nc2=O)C(C)(O[Si](C)(C)C)[C@H]1C.CO.CON.S=S=S=S.S=S=S=S=S=S. The average Bonchev–Trinajstić information content (AvgIpc) is 1.58. The third-order valence-electron chi connectivity index (χ3n) is 15.2. The number of nitrogens with two attached hydrogens (primary N) is 1. The van der Waals surface area contributed by atoms with E-state index < -0.39 is 103 Å². The van der Waals surface area contributed by atoms with Gasteiger partial charge >= 0.3 is 17.1 Å². The lowest BCUT2D eigenvalue weighted by molar-refractivity contribution is -0.0987. The summed E-state index contributed by atoms with van der Waals surface area (Å²) in [4.78, 5) is 61.2. The zero-order chi connectivity index (χ0) is 76.2. The fourth-order valence-corrected chi connectivity index (χ4v) is 21.1. The molecule has 0 radical (unpaired) electrons. The molecule has 3 unspecified atom stereocenters. The fourth-order valence-electron chi connectivity index (χ4n) is 10.7. The van der Waals surface area contributed by atoms with Gasteiger partial charge in [0.15, 0.2) is 47.0 Å². The van der Waals surface area contributed by atoms with Crippen LogP contribution in [0.25, 0.3) is 0 Å². The van der Waals surface area contributed by atoms with Crippen molar-refractivity contribution in [2.24, 2.45) is 17.7 Å². The van der Waals surface area contributed by atoms with Crippen LogP contribution in [0.1, 0.15) is 171 Å². The van der Waals surface area contributed by atoms with Crippen LogP contribution in [-0.2, 0) is 135 Å². The number of aromatic nitrogens is 6. The second kappa shape index (κ2) is 47.3. The highest BCUT2D eigenvalue weighted by Gasteiger charge is 2.56. The van der Waals surface area contributed by atoms with Crippen molar-refractivity contribution in [3.05, 3.63) is 107 Å². The van der Waals surface area contributed by atoms with Crippen LogP contribution in [0.4, 0.5) is 11.6 Å². The van der Waals surface area contributed by atoms with Crippen LogP contribution in [0.15, 0.2) is 73.0 Å².